The predicted octanol–water partition coefficient (Wildman–Crippen LogP) is 2.27. The van der Waals surface area contributed by atoms with Crippen molar-refractivity contribution in [2.45, 2.75) is 26.2 Å². The molecule has 0 aromatic carbocycles. The molecule has 0 amide bonds. The van der Waals surface area contributed by atoms with Crippen molar-refractivity contribution in [2.24, 2.45) is 0 Å². The van der Waals surface area contributed by atoms with Crippen molar-refractivity contribution < 1.29 is 0 Å². The Morgan fingerprint density at radius 3 is 1.93 bits per heavy atom. The molecule has 1 fully saturated rings. The van der Waals surface area contributed by atoms with Gasteiger partial charge < -0.3 is 10.6 Å². The van der Waals surface area contributed by atoms with Gasteiger partial charge in [0, 0.05) is 6.54 Å². The van der Waals surface area contributed by atoms with Crippen molar-refractivity contribution >= 4 is 12.4 Å². The van der Waals surface area contributed by atoms with Crippen LogP contribution in [-0.4, -0.2) is 26.2 Å². The lowest BCUT2D eigenvalue weighted by atomic mass is 10.1. The van der Waals surface area contributed by atoms with Gasteiger partial charge >= 0.3 is 0 Å². The Morgan fingerprint density at radius 1 is 1.07 bits per heavy atom. The van der Waals surface area contributed by atoms with Crippen LogP contribution < -0.4 is 10.6 Å². The summed E-state index contributed by atoms with van der Waals surface area (Å²) in [6.07, 6.45) is 5.84. The van der Waals surface area contributed by atoms with Crippen LogP contribution in [0.3, 0.4) is 0 Å². The van der Waals surface area contributed by atoms with Crippen LogP contribution in [0.15, 0.2) is 23.8 Å². The van der Waals surface area contributed by atoms with E-state index < -0.39 is 0 Å². The van der Waals surface area contributed by atoms with Crippen LogP contribution in [0.25, 0.3) is 0 Å². The van der Waals surface area contributed by atoms with Gasteiger partial charge in [0.05, 0.1) is 0 Å². The van der Waals surface area contributed by atoms with E-state index in [1.54, 1.807) is 0 Å². The third-order valence-corrected chi connectivity index (χ3v) is 2.60. The molecule has 0 saturated carbocycles. The second-order valence-corrected chi connectivity index (χ2v) is 4.00. The standard InChI is InChI=1S/2C6H11N.ClH/c2*1-6-2-4-7-5-3-6;/h2,7H,3-5H2,1H3;7H,1-5H2;1H. The Kier molecular flexibility index (Phi) is 8.77. The summed E-state index contributed by atoms with van der Waals surface area (Å²) in [6.45, 7) is 10.6. The van der Waals surface area contributed by atoms with Crippen LogP contribution in [0.4, 0.5) is 0 Å². The zero-order valence-electron chi connectivity index (χ0n) is 9.64. The second-order valence-electron chi connectivity index (χ2n) is 4.00. The first-order valence-electron chi connectivity index (χ1n) is 5.53. The molecule has 0 spiro atoms. The Balaban J connectivity index is 0.000000245. The molecule has 2 heterocycles. The van der Waals surface area contributed by atoms with E-state index in [9.17, 15) is 0 Å². The minimum absolute atomic E-state index is 0. The first-order chi connectivity index (χ1) is 6.79. The van der Waals surface area contributed by atoms with E-state index in [0.717, 1.165) is 19.6 Å². The van der Waals surface area contributed by atoms with Crippen LogP contribution in [-0.2, 0) is 0 Å². The number of hydrogen-bond donors (Lipinski definition) is 2. The number of halogens is 1. The molecule has 2 N–H and O–H groups in total. The number of piperidine rings is 1. The predicted molar refractivity (Wildman–Crippen MR) is 69.7 cm³/mol. The Morgan fingerprint density at radius 2 is 1.67 bits per heavy atom. The third kappa shape index (κ3) is 7.60. The zero-order valence-corrected chi connectivity index (χ0v) is 10.5. The van der Waals surface area contributed by atoms with Crippen molar-refractivity contribution in [2.75, 3.05) is 26.2 Å². The van der Waals surface area contributed by atoms with Crippen molar-refractivity contribution in [1.29, 1.82) is 0 Å². The molecule has 2 nitrogen and oxygen atoms in total. The third-order valence-electron chi connectivity index (χ3n) is 2.60. The average Bonchev–Trinajstić information content (AvgIpc) is 2.21. The topological polar surface area (TPSA) is 24.1 Å². The van der Waals surface area contributed by atoms with Crippen molar-refractivity contribution in [3.8, 4) is 0 Å². The van der Waals surface area contributed by atoms with Gasteiger partial charge in [-0.2, -0.15) is 0 Å². The molecule has 3 heteroatoms. The summed E-state index contributed by atoms with van der Waals surface area (Å²) in [4.78, 5) is 0. The van der Waals surface area contributed by atoms with E-state index in [2.05, 4.69) is 30.2 Å². The highest BCUT2D eigenvalue weighted by molar-refractivity contribution is 5.85. The maximum Gasteiger partial charge on any atom is 0.0137 e. The van der Waals surface area contributed by atoms with Crippen LogP contribution in [0.2, 0.25) is 0 Å². The summed E-state index contributed by atoms with van der Waals surface area (Å²) in [6, 6.07) is 0. The maximum absolute atomic E-state index is 3.87. The van der Waals surface area contributed by atoms with E-state index in [0.29, 0.717) is 0 Å². The van der Waals surface area contributed by atoms with Crippen LogP contribution in [0.5, 0.6) is 0 Å². The lowest BCUT2D eigenvalue weighted by Crippen LogP contribution is -2.22. The number of rotatable bonds is 0. The van der Waals surface area contributed by atoms with Gasteiger partial charge in [0.2, 0.25) is 0 Å². The number of nitrogens with one attached hydrogen (secondary N) is 2. The molecule has 1 saturated heterocycles. The average molecular weight is 231 g/mol. The fourth-order valence-corrected chi connectivity index (χ4v) is 1.52. The van der Waals surface area contributed by atoms with Gasteiger partial charge in [-0.15, -0.1) is 12.4 Å². The van der Waals surface area contributed by atoms with E-state index >= 15 is 0 Å². The Hall–Kier alpha value is -0.310. The summed E-state index contributed by atoms with van der Waals surface area (Å²) in [5, 5.41) is 6.49. The van der Waals surface area contributed by atoms with Gasteiger partial charge in [-0.05, 0) is 45.8 Å². The van der Waals surface area contributed by atoms with E-state index in [4.69, 9.17) is 0 Å². The Bertz CT molecular complexity index is 204. The molecule has 0 unspecified atom stereocenters. The molecule has 15 heavy (non-hydrogen) atoms. The van der Waals surface area contributed by atoms with Gasteiger partial charge in [0.1, 0.15) is 0 Å². The van der Waals surface area contributed by atoms with Gasteiger partial charge in [-0.3, -0.25) is 0 Å². The van der Waals surface area contributed by atoms with Crippen LogP contribution in [0.1, 0.15) is 26.2 Å². The highest BCUT2D eigenvalue weighted by Crippen LogP contribution is 2.04. The first-order valence-corrected chi connectivity index (χ1v) is 5.53. The summed E-state index contributed by atoms with van der Waals surface area (Å²) in [5.74, 6) is 0. The lowest BCUT2D eigenvalue weighted by molar-refractivity contribution is 0.612. The molecule has 2 aliphatic heterocycles. The molecule has 2 rings (SSSR count). The molecule has 88 valence electrons. The van der Waals surface area contributed by atoms with E-state index in [1.165, 1.54) is 37.0 Å². The molecule has 0 aromatic heterocycles. The molecule has 0 atom stereocenters. The molecular formula is C12H23ClN2. The largest absolute Gasteiger partial charge is 0.316 e. The monoisotopic (exact) mass is 230 g/mol. The number of hydrogen-bond acceptors (Lipinski definition) is 2. The van der Waals surface area contributed by atoms with Crippen molar-refractivity contribution in [3.05, 3.63) is 23.8 Å². The van der Waals surface area contributed by atoms with Crippen LogP contribution >= 0.6 is 12.4 Å². The molecule has 2 aliphatic rings. The van der Waals surface area contributed by atoms with Crippen molar-refractivity contribution in [1.82, 2.24) is 10.6 Å². The van der Waals surface area contributed by atoms with Gasteiger partial charge in [-0.1, -0.05) is 23.8 Å². The summed E-state index contributed by atoms with van der Waals surface area (Å²) in [7, 11) is 0. The fraction of sp³-hybridized carbons (Fsp3) is 0.667. The lowest BCUT2D eigenvalue weighted by Gasteiger charge is -2.12. The zero-order chi connectivity index (χ0) is 10.2. The quantitative estimate of drug-likeness (QED) is 0.624. The second kappa shape index (κ2) is 8.96. The minimum atomic E-state index is 0. The smallest absolute Gasteiger partial charge is 0.0137 e. The summed E-state index contributed by atoms with van der Waals surface area (Å²) < 4.78 is 0. The summed E-state index contributed by atoms with van der Waals surface area (Å²) in [5.41, 5.74) is 2.93. The van der Waals surface area contributed by atoms with Gasteiger partial charge in [0.15, 0.2) is 0 Å². The van der Waals surface area contributed by atoms with Gasteiger partial charge in [0.25, 0.3) is 0 Å². The first kappa shape index (κ1) is 14.7. The molecule has 0 aromatic rings. The summed E-state index contributed by atoms with van der Waals surface area (Å²) >= 11 is 0. The van der Waals surface area contributed by atoms with Crippen molar-refractivity contribution in [3.63, 3.8) is 0 Å². The van der Waals surface area contributed by atoms with E-state index in [1.807, 2.05) is 0 Å². The van der Waals surface area contributed by atoms with E-state index in [-0.39, 0.29) is 12.4 Å². The Labute approximate surface area is 99.6 Å². The van der Waals surface area contributed by atoms with Crippen LogP contribution in [0, 0.1) is 0 Å². The minimum Gasteiger partial charge on any atom is -0.316 e. The molecule has 0 aliphatic carbocycles. The molecule has 0 bridgehead atoms. The van der Waals surface area contributed by atoms with Gasteiger partial charge in [-0.25, -0.2) is 0 Å². The normalized spacial score (nSPS) is 20.6. The highest BCUT2D eigenvalue weighted by atomic mass is 35.5. The highest BCUT2D eigenvalue weighted by Gasteiger charge is 1.99. The SMILES string of the molecule is C=C1CCNCC1.CC1=CCNCC1.Cl. The fourth-order valence-electron chi connectivity index (χ4n) is 1.52. The molecule has 0 radical (unpaired) electrons. The molecular weight excluding hydrogens is 208 g/mol. The maximum atomic E-state index is 3.87.